The number of aromatic nitrogens is 2. The fourth-order valence-corrected chi connectivity index (χ4v) is 3.49. The summed E-state index contributed by atoms with van der Waals surface area (Å²) in [6.45, 7) is 0. The Morgan fingerprint density at radius 1 is 1.11 bits per heavy atom. The van der Waals surface area contributed by atoms with E-state index in [1.54, 1.807) is 20.4 Å². The zero-order chi connectivity index (χ0) is 19.7. The molecule has 0 fully saturated rings. The van der Waals surface area contributed by atoms with Crippen LogP contribution in [0.3, 0.4) is 0 Å². The Balaban J connectivity index is 1.74. The molecule has 0 saturated heterocycles. The number of amides is 1. The van der Waals surface area contributed by atoms with Gasteiger partial charge < -0.3 is 14.8 Å². The number of nitrogens with one attached hydrogen (secondary N) is 1. The maximum atomic E-state index is 12.2. The average molecular weight is 442 g/mol. The Labute approximate surface area is 170 Å². The summed E-state index contributed by atoms with van der Waals surface area (Å²) in [5.41, 5.74) is 4.02. The summed E-state index contributed by atoms with van der Waals surface area (Å²) in [6.07, 6.45) is 1.95. The molecule has 4 rings (SSSR count). The predicted octanol–water partition coefficient (Wildman–Crippen LogP) is 2.94. The van der Waals surface area contributed by atoms with E-state index in [4.69, 9.17) is 14.5 Å². The van der Waals surface area contributed by atoms with Gasteiger partial charge in [-0.3, -0.25) is 4.79 Å². The molecular weight excluding hydrogens is 424 g/mol. The molecule has 142 valence electrons. The Hall–Kier alpha value is -2.97. The topological polar surface area (TPSA) is 90.0 Å². The second kappa shape index (κ2) is 7.57. The number of benzene rings is 2. The molecular formula is C20H18BrN4O3+. The van der Waals surface area contributed by atoms with E-state index in [0.717, 1.165) is 32.7 Å². The lowest BCUT2D eigenvalue weighted by atomic mass is 10.1. The van der Waals surface area contributed by atoms with Gasteiger partial charge in [-0.05, 0) is 24.3 Å². The highest BCUT2D eigenvalue weighted by molar-refractivity contribution is 9.10. The third-order valence-corrected chi connectivity index (χ3v) is 4.94. The number of rotatable bonds is 4. The highest BCUT2D eigenvalue weighted by Crippen LogP contribution is 2.34. The van der Waals surface area contributed by atoms with Crippen LogP contribution in [0.15, 0.2) is 47.1 Å². The van der Waals surface area contributed by atoms with Crippen LogP contribution in [-0.4, -0.2) is 30.1 Å². The largest absolute Gasteiger partial charge is 0.493 e. The Bertz CT molecular complexity index is 1070. The number of nitrogens with zero attached hydrogens (tertiary/aromatic N) is 2. The number of methoxy groups -OCH3 is 2. The highest BCUT2D eigenvalue weighted by Gasteiger charge is 2.22. The van der Waals surface area contributed by atoms with Crippen LogP contribution in [0.4, 0.5) is 17.3 Å². The van der Waals surface area contributed by atoms with E-state index in [0.29, 0.717) is 17.4 Å². The molecule has 0 atom stereocenters. The van der Waals surface area contributed by atoms with Crippen molar-refractivity contribution in [1.82, 2.24) is 9.97 Å². The third kappa shape index (κ3) is 3.56. The molecule has 1 amide bonds. The molecule has 0 saturated carbocycles. The van der Waals surface area contributed by atoms with Crippen molar-refractivity contribution in [3.8, 4) is 22.8 Å². The fraction of sp³-hybridized carbons (Fsp3) is 0.150. The molecule has 3 aromatic rings. The fourth-order valence-electron chi connectivity index (χ4n) is 3.13. The molecule has 28 heavy (non-hydrogen) atoms. The minimum Gasteiger partial charge on any atom is -0.493 e. The van der Waals surface area contributed by atoms with E-state index in [2.05, 4.69) is 26.2 Å². The van der Waals surface area contributed by atoms with Crippen LogP contribution < -0.4 is 20.1 Å². The first-order valence-corrected chi connectivity index (χ1v) is 9.39. The molecule has 0 unspecified atom stereocenters. The normalized spacial score (nSPS) is 12.5. The van der Waals surface area contributed by atoms with Gasteiger partial charge in [-0.25, -0.2) is 5.32 Å². The van der Waals surface area contributed by atoms with Crippen LogP contribution >= 0.6 is 15.9 Å². The first kappa shape index (κ1) is 18.4. The second-order valence-corrected chi connectivity index (χ2v) is 7.19. The van der Waals surface area contributed by atoms with Gasteiger partial charge in [0, 0.05) is 33.9 Å². The van der Waals surface area contributed by atoms with E-state index in [-0.39, 0.29) is 12.3 Å². The first-order valence-electron chi connectivity index (χ1n) is 8.60. The second-order valence-electron chi connectivity index (χ2n) is 6.28. The van der Waals surface area contributed by atoms with Crippen LogP contribution in [0.25, 0.3) is 11.3 Å². The molecule has 2 aromatic carbocycles. The molecule has 0 aliphatic carbocycles. The lowest BCUT2D eigenvalue weighted by Gasteiger charge is -2.10. The first-order chi connectivity index (χ1) is 13.6. The van der Waals surface area contributed by atoms with Gasteiger partial charge in [0.15, 0.2) is 11.5 Å². The molecule has 0 bridgehead atoms. The van der Waals surface area contributed by atoms with Crippen molar-refractivity contribution in [3.63, 3.8) is 0 Å². The number of halogens is 1. The van der Waals surface area contributed by atoms with E-state index in [1.807, 2.05) is 41.7 Å². The number of hydrogen-bond acceptors (Lipinski definition) is 5. The summed E-state index contributed by atoms with van der Waals surface area (Å²) in [5, 5.41) is 4.79. The zero-order valence-corrected chi connectivity index (χ0v) is 16.9. The lowest BCUT2D eigenvalue weighted by Crippen LogP contribution is -2.72. The van der Waals surface area contributed by atoms with E-state index < -0.39 is 0 Å². The van der Waals surface area contributed by atoms with Crippen molar-refractivity contribution in [2.45, 2.75) is 6.42 Å². The van der Waals surface area contributed by atoms with Gasteiger partial charge in [0.05, 0.1) is 32.0 Å². The van der Waals surface area contributed by atoms with Crippen molar-refractivity contribution in [2.75, 3.05) is 19.5 Å². The van der Waals surface area contributed by atoms with Crippen molar-refractivity contribution >= 4 is 39.2 Å². The van der Waals surface area contributed by atoms with Crippen LogP contribution in [-0.2, 0) is 11.2 Å². The van der Waals surface area contributed by atoms with Gasteiger partial charge in [-0.1, -0.05) is 15.9 Å². The number of hydrogen-bond donors (Lipinski definition) is 2. The Morgan fingerprint density at radius 2 is 1.93 bits per heavy atom. The number of ether oxygens (including phenoxy) is 2. The quantitative estimate of drug-likeness (QED) is 0.607. The van der Waals surface area contributed by atoms with Gasteiger partial charge in [-0.2, -0.15) is 9.97 Å². The highest BCUT2D eigenvalue weighted by atomic mass is 79.9. The van der Waals surface area contributed by atoms with E-state index in [1.165, 1.54) is 0 Å². The average Bonchev–Trinajstić information content (AvgIpc) is 2.83. The minimum atomic E-state index is -0.0810. The number of nitrogens with two attached hydrogens (primary N) is 1. The zero-order valence-electron chi connectivity index (χ0n) is 15.3. The predicted molar refractivity (Wildman–Crippen MR) is 108 cm³/mol. The maximum absolute atomic E-state index is 12.2. The number of carbonyl (C=O) groups excluding carboxylic acids is 1. The van der Waals surface area contributed by atoms with Crippen LogP contribution in [0.5, 0.6) is 11.5 Å². The van der Waals surface area contributed by atoms with Crippen molar-refractivity contribution < 1.29 is 19.6 Å². The van der Waals surface area contributed by atoms with Crippen LogP contribution in [0.2, 0.25) is 0 Å². The molecule has 2 heterocycles. The molecule has 0 radical (unpaired) electrons. The molecule has 8 heteroatoms. The molecule has 1 aliphatic rings. The molecule has 1 aliphatic heterocycles. The number of quaternary nitrogens is 1. The van der Waals surface area contributed by atoms with Crippen molar-refractivity contribution in [2.24, 2.45) is 0 Å². The van der Waals surface area contributed by atoms with Gasteiger partial charge in [0.1, 0.15) is 5.69 Å². The Kier molecular flexibility index (Phi) is 4.97. The standard InChI is InChI=1S/C20H17BrN4O3/c1-27-16-6-4-13(9-17(16)28-2)23-20-22-10-11-7-18(26)24-15-5-3-12(21)8-14(15)19(11)25-20/h3-6,8-10H,7H2,1-2H3,(H,24,26)(H,22,23,25)/p+1. The SMILES string of the molecule is COc1ccc([NH2+]c2ncc3c(n2)-c2cc(Br)ccc2NC(=O)C3)cc1OC. The lowest BCUT2D eigenvalue weighted by molar-refractivity contribution is -0.487. The van der Waals surface area contributed by atoms with Crippen molar-refractivity contribution in [3.05, 3.63) is 52.6 Å². The summed E-state index contributed by atoms with van der Waals surface area (Å²) < 4.78 is 11.5. The number of carbonyl (C=O) groups is 1. The van der Waals surface area contributed by atoms with E-state index in [9.17, 15) is 4.79 Å². The smallest absolute Gasteiger partial charge is 0.331 e. The van der Waals surface area contributed by atoms with Crippen molar-refractivity contribution in [1.29, 1.82) is 0 Å². The summed E-state index contributed by atoms with van der Waals surface area (Å²) in [6, 6.07) is 11.3. The van der Waals surface area contributed by atoms with Crippen LogP contribution in [0, 0.1) is 0 Å². The van der Waals surface area contributed by atoms with Gasteiger partial charge in [0.25, 0.3) is 0 Å². The molecule has 0 spiro atoms. The van der Waals surface area contributed by atoms with Gasteiger partial charge in [0.2, 0.25) is 5.91 Å². The van der Waals surface area contributed by atoms with Gasteiger partial charge in [-0.15, -0.1) is 0 Å². The molecule has 3 N–H and O–H groups in total. The minimum absolute atomic E-state index is 0.0810. The number of anilines is 1. The molecule has 7 nitrogen and oxygen atoms in total. The van der Waals surface area contributed by atoms with Gasteiger partial charge >= 0.3 is 5.95 Å². The monoisotopic (exact) mass is 441 g/mol. The third-order valence-electron chi connectivity index (χ3n) is 4.45. The number of fused-ring (bicyclic) bond motifs is 3. The summed E-state index contributed by atoms with van der Waals surface area (Å²) in [7, 11) is 3.20. The van der Waals surface area contributed by atoms with E-state index >= 15 is 0 Å². The molecule has 1 aromatic heterocycles. The summed E-state index contributed by atoms with van der Waals surface area (Å²) in [4.78, 5) is 21.3. The summed E-state index contributed by atoms with van der Waals surface area (Å²) >= 11 is 3.49. The summed E-state index contributed by atoms with van der Waals surface area (Å²) in [5.74, 6) is 1.76. The Morgan fingerprint density at radius 3 is 2.71 bits per heavy atom. The van der Waals surface area contributed by atoms with Crippen LogP contribution in [0.1, 0.15) is 5.56 Å². The maximum Gasteiger partial charge on any atom is 0.331 e.